The molecule has 0 radical (unpaired) electrons. The van der Waals surface area contributed by atoms with E-state index < -0.39 is 6.10 Å². The van der Waals surface area contributed by atoms with Gasteiger partial charge >= 0.3 is 0 Å². The van der Waals surface area contributed by atoms with Crippen molar-refractivity contribution in [3.05, 3.63) is 58.0 Å². The van der Waals surface area contributed by atoms with Crippen LogP contribution in [0.15, 0.2) is 31.1 Å². The largest absolute Gasteiger partial charge is 0.481 e. The average molecular weight is 311 g/mol. The Hall–Kier alpha value is -1.62. The quantitative estimate of drug-likeness (QED) is 0.878. The van der Waals surface area contributed by atoms with Gasteiger partial charge in [0.15, 0.2) is 0 Å². The molecule has 2 heterocycles. The van der Waals surface area contributed by atoms with E-state index in [0.29, 0.717) is 27.6 Å². The lowest BCUT2D eigenvalue weighted by molar-refractivity contribution is 0.219. The molecule has 1 unspecified atom stereocenters. The van der Waals surface area contributed by atoms with Crippen LogP contribution in [-0.4, -0.2) is 22.2 Å². The van der Waals surface area contributed by atoms with Gasteiger partial charge in [-0.3, -0.25) is 0 Å². The first-order valence-electron chi connectivity index (χ1n) is 5.72. The topological polar surface area (TPSA) is 55.2 Å². The van der Waals surface area contributed by atoms with Crippen LogP contribution in [0, 0.1) is 0 Å². The number of rotatable bonds is 4. The highest BCUT2D eigenvalue weighted by Crippen LogP contribution is 2.32. The molecule has 6 heteroatoms. The van der Waals surface area contributed by atoms with E-state index in [1.165, 1.54) is 13.3 Å². The molecule has 0 fully saturated rings. The van der Waals surface area contributed by atoms with Crippen LogP contribution in [0.25, 0.3) is 6.08 Å². The van der Waals surface area contributed by atoms with Crippen LogP contribution >= 0.6 is 23.2 Å². The molecule has 104 valence electrons. The van der Waals surface area contributed by atoms with Crippen molar-refractivity contribution in [3.63, 3.8) is 0 Å². The number of aliphatic hydroxyl groups is 1. The number of hydrogen-bond acceptors (Lipinski definition) is 4. The number of pyridine rings is 2. The summed E-state index contributed by atoms with van der Waals surface area (Å²) in [6, 6.07) is 3.19. The molecule has 0 aromatic carbocycles. The molecule has 2 rings (SSSR count). The third-order valence-electron chi connectivity index (χ3n) is 2.79. The maximum atomic E-state index is 10.5. The van der Waals surface area contributed by atoms with Crippen molar-refractivity contribution in [2.75, 3.05) is 7.11 Å². The SMILES string of the molecule is C=Cc1cnc(OC)cc1C(O)c1cc(Cl)cnc1Cl. The first kappa shape index (κ1) is 14.8. The molecule has 0 spiro atoms. The molecule has 0 saturated heterocycles. The summed E-state index contributed by atoms with van der Waals surface area (Å²) >= 11 is 11.9. The van der Waals surface area contributed by atoms with E-state index in [1.54, 1.807) is 24.4 Å². The first-order valence-corrected chi connectivity index (χ1v) is 6.47. The van der Waals surface area contributed by atoms with Crippen LogP contribution in [0.2, 0.25) is 10.2 Å². The summed E-state index contributed by atoms with van der Waals surface area (Å²) in [6.07, 6.45) is 3.58. The summed E-state index contributed by atoms with van der Waals surface area (Å²) in [5.74, 6) is 0.385. The lowest BCUT2D eigenvalue weighted by Gasteiger charge is -2.16. The number of hydrogen-bond donors (Lipinski definition) is 1. The minimum absolute atomic E-state index is 0.188. The third kappa shape index (κ3) is 2.93. The number of nitrogens with zero attached hydrogens (tertiary/aromatic N) is 2. The van der Waals surface area contributed by atoms with Crippen LogP contribution in [0.3, 0.4) is 0 Å². The normalized spacial score (nSPS) is 12.0. The predicted octanol–water partition coefficient (Wildman–Crippen LogP) is 3.52. The van der Waals surface area contributed by atoms with Crippen LogP contribution in [0.4, 0.5) is 0 Å². The van der Waals surface area contributed by atoms with E-state index in [0.717, 1.165) is 0 Å². The Bertz CT molecular complexity index is 647. The Morgan fingerprint density at radius 3 is 2.65 bits per heavy atom. The predicted molar refractivity (Wildman–Crippen MR) is 79.2 cm³/mol. The van der Waals surface area contributed by atoms with Crippen LogP contribution in [0.1, 0.15) is 22.8 Å². The van der Waals surface area contributed by atoms with E-state index >= 15 is 0 Å². The van der Waals surface area contributed by atoms with E-state index in [4.69, 9.17) is 27.9 Å². The Balaban J connectivity index is 2.54. The van der Waals surface area contributed by atoms with Crippen LogP contribution in [0.5, 0.6) is 5.88 Å². The summed E-state index contributed by atoms with van der Waals surface area (Å²) < 4.78 is 5.06. The van der Waals surface area contributed by atoms with Gasteiger partial charge in [-0.05, 0) is 17.2 Å². The van der Waals surface area contributed by atoms with Crippen molar-refractivity contribution in [1.82, 2.24) is 9.97 Å². The van der Waals surface area contributed by atoms with Crippen molar-refractivity contribution >= 4 is 29.3 Å². The number of ether oxygens (including phenoxy) is 1. The summed E-state index contributed by atoms with van der Waals surface area (Å²) in [4.78, 5) is 7.99. The second-order valence-electron chi connectivity index (χ2n) is 4.00. The van der Waals surface area contributed by atoms with Gasteiger partial charge in [-0.25, -0.2) is 9.97 Å². The van der Waals surface area contributed by atoms with E-state index in [-0.39, 0.29) is 5.15 Å². The van der Waals surface area contributed by atoms with Crippen molar-refractivity contribution in [2.45, 2.75) is 6.10 Å². The van der Waals surface area contributed by atoms with Gasteiger partial charge in [0.1, 0.15) is 11.3 Å². The summed E-state index contributed by atoms with van der Waals surface area (Å²) in [6.45, 7) is 3.70. The molecule has 1 atom stereocenters. The number of aliphatic hydroxyl groups excluding tert-OH is 1. The van der Waals surface area contributed by atoms with Crippen LogP contribution in [-0.2, 0) is 0 Å². The molecule has 0 aliphatic rings. The summed E-state index contributed by atoms with van der Waals surface area (Å²) in [7, 11) is 1.50. The third-order valence-corrected chi connectivity index (χ3v) is 3.32. The first-order chi connectivity index (χ1) is 9.56. The summed E-state index contributed by atoms with van der Waals surface area (Å²) in [5, 5.41) is 11.1. The standard InChI is InChI=1S/C14H12Cl2N2O2/c1-3-8-6-17-12(20-2)5-10(8)13(19)11-4-9(15)7-18-14(11)16/h3-7,13,19H,1H2,2H3. The van der Waals surface area contributed by atoms with E-state index in [1.807, 2.05) is 0 Å². The Kier molecular flexibility index (Phi) is 4.60. The van der Waals surface area contributed by atoms with Gasteiger partial charge in [0, 0.05) is 24.0 Å². The molecule has 2 aromatic heterocycles. The Labute approximate surface area is 126 Å². The van der Waals surface area contributed by atoms with Gasteiger partial charge in [-0.2, -0.15) is 0 Å². The van der Waals surface area contributed by atoms with Crippen molar-refractivity contribution in [1.29, 1.82) is 0 Å². The smallest absolute Gasteiger partial charge is 0.213 e. The number of halogens is 2. The average Bonchev–Trinajstić information content (AvgIpc) is 2.48. The minimum atomic E-state index is -1.00. The fourth-order valence-corrected chi connectivity index (χ4v) is 2.15. The Morgan fingerprint density at radius 1 is 1.25 bits per heavy atom. The number of methoxy groups -OCH3 is 1. The summed E-state index contributed by atoms with van der Waals surface area (Å²) in [5.41, 5.74) is 1.66. The highest BCUT2D eigenvalue weighted by atomic mass is 35.5. The highest BCUT2D eigenvalue weighted by molar-refractivity contribution is 6.32. The second-order valence-corrected chi connectivity index (χ2v) is 4.79. The van der Waals surface area contributed by atoms with Crippen molar-refractivity contribution in [2.24, 2.45) is 0 Å². The van der Waals surface area contributed by atoms with Crippen molar-refractivity contribution < 1.29 is 9.84 Å². The van der Waals surface area contributed by atoms with Gasteiger partial charge in [-0.15, -0.1) is 0 Å². The zero-order valence-electron chi connectivity index (χ0n) is 10.7. The molecule has 0 bridgehead atoms. The minimum Gasteiger partial charge on any atom is -0.481 e. The second kappa shape index (κ2) is 6.22. The molecule has 1 N–H and O–H groups in total. The lowest BCUT2D eigenvalue weighted by Crippen LogP contribution is -2.05. The maximum Gasteiger partial charge on any atom is 0.213 e. The van der Waals surface area contributed by atoms with Crippen LogP contribution < -0.4 is 4.74 Å². The molecule has 0 aliphatic heterocycles. The van der Waals surface area contributed by atoms with E-state index in [2.05, 4.69) is 16.5 Å². The zero-order valence-corrected chi connectivity index (χ0v) is 12.2. The molecule has 2 aromatic rings. The van der Waals surface area contributed by atoms with E-state index in [9.17, 15) is 5.11 Å². The van der Waals surface area contributed by atoms with Gasteiger partial charge < -0.3 is 9.84 Å². The van der Waals surface area contributed by atoms with Gasteiger partial charge in [0.25, 0.3) is 0 Å². The molecular formula is C14H12Cl2N2O2. The Morgan fingerprint density at radius 2 is 2.00 bits per heavy atom. The van der Waals surface area contributed by atoms with Gasteiger partial charge in [0.2, 0.25) is 5.88 Å². The van der Waals surface area contributed by atoms with Gasteiger partial charge in [0.05, 0.1) is 12.1 Å². The molecule has 0 aliphatic carbocycles. The molecule has 4 nitrogen and oxygen atoms in total. The maximum absolute atomic E-state index is 10.5. The van der Waals surface area contributed by atoms with Gasteiger partial charge in [-0.1, -0.05) is 35.9 Å². The molecular weight excluding hydrogens is 299 g/mol. The fourth-order valence-electron chi connectivity index (χ4n) is 1.78. The molecule has 0 amide bonds. The lowest BCUT2D eigenvalue weighted by atomic mass is 9.99. The zero-order chi connectivity index (χ0) is 14.7. The fraction of sp³-hybridized carbons (Fsp3) is 0.143. The van der Waals surface area contributed by atoms with Crippen molar-refractivity contribution in [3.8, 4) is 5.88 Å². The number of aromatic nitrogens is 2. The molecule has 0 saturated carbocycles. The monoisotopic (exact) mass is 310 g/mol. The highest BCUT2D eigenvalue weighted by Gasteiger charge is 2.19. The molecule has 20 heavy (non-hydrogen) atoms.